The Bertz CT molecular complexity index is 483. The summed E-state index contributed by atoms with van der Waals surface area (Å²) in [5.41, 5.74) is 1.20. The van der Waals surface area contributed by atoms with Crippen molar-refractivity contribution in [1.29, 1.82) is 0 Å². The lowest BCUT2D eigenvalue weighted by Gasteiger charge is -2.11. The monoisotopic (exact) mass is 261 g/mol. The van der Waals surface area contributed by atoms with Gasteiger partial charge in [-0.15, -0.1) is 0 Å². The molecular weight excluding hydrogens is 242 g/mol. The van der Waals surface area contributed by atoms with Gasteiger partial charge in [0, 0.05) is 19.5 Å². The van der Waals surface area contributed by atoms with Crippen LogP contribution in [0.2, 0.25) is 0 Å². The molecule has 102 valence electrons. The first-order valence-electron chi connectivity index (χ1n) is 6.46. The highest BCUT2D eigenvalue weighted by Gasteiger charge is 2.01. The summed E-state index contributed by atoms with van der Waals surface area (Å²) in [6.45, 7) is 5.64. The van der Waals surface area contributed by atoms with E-state index in [1.807, 2.05) is 26.0 Å². The van der Waals surface area contributed by atoms with Crippen LogP contribution >= 0.6 is 0 Å². The molecule has 0 aliphatic rings. The Balaban J connectivity index is 1.76. The highest BCUT2D eigenvalue weighted by Crippen LogP contribution is 2.14. The van der Waals surface area contributed by atoms with Gasteiger partial charge in [-0.05, 0) is 31.5 Å². The van der Waals surface area contributed by atoms with E-state index in [9.17, 15) is 0 Å². The summed E-state index contributed by atoms with van der Waals surface area (Å²) in [6.07, 6.45) is 2.35. The lowest BCUT2D eigenvalue weighted by molar-refractivity contribution is 0.242. The minimum Gasteiger partial charge on any atom is -0.491 e. The van der Waals surface area contributed by atoms with Crippen molar-refractivity contribution in [1.82, 2.24) is 15.5 Å². The molecule has 0 radical (unpaired) electrons. The topological polar surface area (TPSA) is 60.2 Å². The Hall–Kier alpha value is -1.88. The SMILES string of the molecule is CC(C)Oc1cccc(CNCCc2ncno2)c1. The van der Waals surface area contributed by atoms with Crippen LogP contribution in [0.1, 0.15) is 25.3 Å². The van der Waals surface area contributed by atoms with Gasteiger partial charge < -0.3 is 14.6 Å². The van der Waals surface area contributed by atoms with E-state index in [-0.39, 0.29) is 6.10 Å². The molecule has 0 amide bonds. The van der Waals surface area contributed by atoms with Crippen molar-refractivity contribution < 1.29 is 9.26 Å². The van der Waals surface area contributed by atoms with Crippen molar-refractivity contribution >= 4 is 0 Å². The minimum absolute atomic E-state index is 0.195. The number of ether oxygens (including phenoxy) is 1. The summed E-state index contributed by atoms with van der Waals surface area (Å²) in [5, 5.41) is 6.90. The van der Waals surface area contributed by atoms with Gasteiger partial charge in [-0.3, -0.25) is 0 Å². The molecule has 2 rings (SSSR count). The fourth-order valence-corrected chi connectivity index (χ4v) is 1.74. The second-order valence-electron chi connectivity index (χ2n) is 4.58. The summed E-state index contributed by atoms with van der Waals surface area (Å²) in [5.74, 6) is 1.57. The summed E-state index contributed by atoms with van der Waals surface area (Å²) in [6, 6.07) is 8.11. The fraction of sp³-hybridized carbons (Fsp3) is 0.429. The molecule has 1 N–H and O–H groups in total. The highest BCUT2D eigenvalue weighted by atomic mass is 16.5. The number of nitrogens with one attached hydrogen (secondary N) is 1. The average Bonchev–Trinajstić information content (AvgIpc) is 2.87. The Morgan fingerprint density at radius 1 is 1.37 bits per heavy atom. The van der Waals surface area contributed by atoms with Crippen molar-refractivity contribution in [2.75, 3.05) is 6.54 Å². The van der Waals surface area contributed by atoms with E-state index in [2.05, 4.69) is 27.6 Å². The van der Waals surface area contributed by atoms with Gasteiger partial charge in [-0.25, -0.2) is 0 Å². The van der Waals surface area contributed by atoms with E-state index in [1.54, 1.807) is 0 Å². The van der Waals surface area contributed by atoms with Gasteiger partial charge in [0.25, 0.3) is 0 Å². The van der Waals surface area contributed by atoms with Crippen LogP contribution in [-0.2, 0) is 13.0 Å². The van der Waals surface area contributed by atoms with Gasteiger partial charge in [0.15, 0.2) is 6.33 Å². The number of nitrogens with zero attached hydrogens (tertiary/aromatic N) is 2. The lowest BCUT2D eigenvalue weighted by atomic mass is 10.2. The molecule has 0 unspecified atom stereocenters. The molecule has 5 nitrogen and oxygen atoms in total. The molecule has 0 saturated heterocycles. The number of hydrogen-bond donors (Lipinski definition) is 1. The van der Waals surface area contributed by atoms with E-state index in [4.69, 9.17) is 9.26 Å². The Morgan fingerprint density at radius 3 is 3.00 bits per heavy atom. The van der Waals surface area contributed by atoms with Crippen LogP contribution in [0.25, 0.3) is 0 Å². The quantitative estimate of drug-likeness (QED) is 0.774. The molecule has 1 aromatic heterocycles. The zero-order chi connectivity index (χ0) is 13.5. The van der Waals surface area contributed by atoms with Gasteiger partial charge in [-0.2, -0.15) is 4.98 Å². The minimum atomic E-state index is 0.195. The predicted octanol–water partition coefficient (Wildman–Crippen LogP) is 2.19. The predicted molar refractivity (Wildman–Crippen MR) is 71.9 cm³/mol. The molecule has 0 aliphatic carbocycles. The number of hydrogen-bond acceptors (Lipinski definition) is 5. The maximum atomic E-state index is 5.66. The highest BCUT2D eigenvalue weighted by molar-refractivity contribution is 5.28. The largest absolute Gasteiger partial charge is 0.491 e. The lowest BCUT2D eigenvalue weighted by Crippen LogP contribution is -2.17. The first-order valence-corrected chi connectivity index (χ1v) is 6.46. The van der Waals surface area contributed by atoms with Gasteiger partial charge in [0.1, 0.15) is 5.75 Å². The molecule has 0 bridgehead atoms. The second kappa shape index (κ2) is 6.89. The second-order valence-corrected chi connectivity index (χ2v) is 4.58. The summed E-state index contributed by atoms with van der Waals surface area (Å²) in [7, 11) is 0. The zero-order valence-electron chi connectivity index (χ0n) is 11.3. The summed E-state index contributed by atoms with van der Waals surface area (Å²) in [4.78, 5) is 3.97. The molecular formula is C14H19N3O2. The molecule has 19 heavy (non-hydrogen) atoms. The van der Waals surface area contributed by atoms with Crippen LogP contribution in [0.5, 0.6) is 5.75 Å². The standard InChI is InChI=1S/C14H19N3O2/c1-11(2)18-13-5-3-4-12(8-13)9-15-7-6-14-16-10-17-19-14/h3-5,8,10-11,15H,6-7,9H2,1-2H3. The number of rotatable bonds is 7. The van der Waals surface area contributed by atoms with Gasteiger partial charge in [-0.1, -0.05) is 17.3 Å². The van der Waals surface area contributed by atoms with Gasteiger partial charge in [0.2, 0.25) is 5.89 Å². The first-order chi connectivity index (χ1) is 9.24. The number of benzene rings is 1. The van der Waals surface area contributed by atoms with Crippen molar-refractivity contribution in [3.63, 3.8) is 0 Å². The Kier molecular flexibility index (Phi) is 4.92. The van der Waals surface area contributed by atoms with E-state index >= 15 is 0 Å². The van der Waals surface area contributed by atoms with Crippen LogP contribution in [0.4, 0.5) is 0 Å². The molecule has 0 atom stereocenters. The van der Waals surface area contributed by atoms with E-state index in [0.29, 0.717) is 5.89 Å². The molecule has 2 aromatic rings. The summed E-state index contributed by atoms with van der Waals surface area (Å²) >= 11 is 0. The first kappa shape index (κ1) is 13.5. The molecule has 0 saturated carbocycles. The van der Waals surface area contributed by atoms with Crippen LogP contribution in [-0.4, -0.2) is 22.8 Å². The van der Waals surface area contributed by atoms with Gasteiger partial charge >= 0.3 is 0 Å². The molecule has 1 heterocycles. The molecule has 0 spiro atoms. The van der Waals surface area contributed by atoms with Crippen LogP contribution in [0, 0.1) is 0 Å². The maximum Gasteiger partial charge on any atom is 0.227 e. The number of aromatic nitrogens is 2. The normalized spacial score (nSPS) is 10.9. The Morgan fingerprint density at radius 2 is 2.26 bits per heavy atom. The molecule has 0 fully saturated rings. The van der Waals surface area contributed by atoms with Crippen molar-refractivity contribution in [3.05, 3.63) is 42.0 Å². The third kappa shape index (κ3) is 4.71. The van der Waals surface area contributed by atoms with Crippen molar-refractivity contribution in [2.24, 2.45) is 0 Å². The van der Waals surface area contributed by atoms with E-state index < -0.39 is 0 Å². The third-order valence-corrected chi connectivity index (χ3v) is 2.52. The van der Waals surface area contributed by atoms with Crippen LogP contribution in [0.15, 0.2) is 35.1 Å². The molecule has 1 aromatic carbocycles. The van der Waals surface area contributed by atoms with E-state index in [0.717, 1.165) is 25.3 Å². The summed E-state index contributed by atoms with van der Waals surface area (Å²) < 4.78 is 10.6. The maximum absolute atomic E-state index is 5.66. The van der Waals surface area contributed by atoms with E-state index in [1.165, 1.54) is 11.9 Å². The zero-order valence-corrected chi connectivity index (χ0v) is 11.3. The third-order valence-electron chi connectivity index (χ3n) is 2.52. The van der Waals surface area contributed by atoms with Crippen molar-refractivity contribution in [3.8, 4) is 5.75 Å². The van der Waals surface area contributed by atoms with Crippen molar-refractivity contribution in [2.45, 2.75) is 32.9 Å². The molecule has 0 aliphatic heterocycles. The Labute approximate surface area is 113 Å². The molecule has 5 heteroatoms. The fourth-order valence-electron chi connectivity index (χ4n) is 1.74. The van der Waals surface area contributed by atoms with Gasteiger partial charge in [0.05, 0.1) is 6.10 Å². The van der Waals surface area contributed by atoms with Crippen LogP contribution < -0.4 is 10.1 Å². The smallest absolute Gasteiger partial charge is 0.227 e. The average molecular weight is 261 g/mol. The van der Waals surface area contributed by atoms with Crippen LogP contribution in [0.3, 0.4) is 0 Å².